The van der Waals surface area contributed by atoms with E-state index in [9.17, 15) is 0 Å². The molecule has 1 fully saturated rings. The minimum Gasteiger partial charge on any atom is -0.271 e. The molecule has 1 aliphatic carbocycles. The number of nitrogens with one attached hydrogen (secondary N) is 1. The fraction of sp³-hybridized carbons (Fsp3) is 0.714. The standard InChI is InChI=1S/C14H24N2S/c1-2-12-8-9-14(17-12)13(16-15)10-11-6-4-3-5-7-11/h8-9,11,13,16H,2-7,10,15H2,1H3. The molecule has 3 N–H and O–H groups in total. The average Bonchev–Trinajstić information content (AvgIpc) is 2.86. The predicted octanol–water partition coefficient (Wildman–Crippen LogP) is 3.79. The second-order valence-electron chi connectivity index (χ2n) is 5.12. The van der Waals surface area contributed by atoms with Crippen molar-refractivity contribution in [2.24, 2.45) is 11.8 Å². The fourth-order valence-electron chi connectivity index (χ4n) is 2.79. The summed E-state index contributed by atoms with van der Waals surface area (Å²) in [6.45, 7) is 2.21. The van der Waals surface area contributed by atoms with Crippen LogP contribution in [0.15, 0.2) is 12.1 Å². The molecule has 0 radical (unpaired) electrons. The number of aryl methyl sites for hydroxylation is 1. The normalized spacial score (nSPS) is 19.4. The maximum atomic E-state index is 5.73. The fourth-order valence-corrected chi connectivity index (χ4v) is 3.82. The van der Waals surface area contributed by atoms with E-state index in [-0.39, 0.29) is 0 Å². The third kappa shape index (κ3) is 3.54. The Morgan fingerprint density at radius 2 is 2.12 bits per heavy atom. The zero-order valence-corrected chi connectivity index (χ0v) is 11.6. The summed E-state index contributed by atoms with van der Waals surface area (Å²) in [5, 5.41) is 0. The smallest absolute Gasteiger partial charge is 0.0556 e. The Bertz CT molecular complexity index is 329. The summed E-state index contributed by atoms with van der Waals surface area (Å²) in [5.41, 5.74) is 3.01. The molecule has 1 aliphatic rings. The number of thiophene rings is 1. The number of hydrogen-bond acceptors (Lipinski definition) is 3. The van der Waals surface area contributed by atoms with Crippen molar-refractivity contribution in [3.05, 3.63) is 21.9 Å². The lowest BCUT2D eigenvalue weighted by Crippen LogP contribution is -2.29. The van der Waals surface area contributed by atoms with Gasteiger partial charge in [0.05, 0.1) is 6.04 Å². The van der Waals surface area contributed by atoms with Gasteiger partial charge in [-0.2, -0.15) is 0 Å². The van der Waals surface area contributed by atoms with Crippen LogP contribution < -0.4 is 11.3 Å². The molecule has 1 aromatic heterocycles. The van der Waals surface area contributed by atoms with Gasteiger partial charge in [-0.25, -0.2) is 0 Å². The number of rotatable bonds is 5. The van der Waals surface area contributed by atoms with E-state index >= 15 is 0 Å². The Labute approximate surface area is 109 Å². The topological polar surface area (TPSA) is 38.0 Å². The van der Waals surface area contributed by atoms with Crippen LogP contribution >= 0.6 is 11.3 Å². The lowest BCUT2D eigenvalue weighted by Gasteiger charge is -2.25. The molecule has 1 heterocycles. The van der Waals surface area contributed by atoms with Crippen LogP contribution in [-0.4, -0.2) is 0 Å². The molecule has 1 aromatic rings. The maximum Gasteiger partial charge on any atom is 0.0556 e. The summed E-state index contributed by atoms with van der Waals surface area (Å²) in [6, 6.07) is 4.85. The van der Waals surface area contributed by atoms with E-state index in [1.54, 1.807) is 0 Å². The number of hydrazine groups is 1. The zero-order valence-electron chi connectivity index (χ0n) is 10.7. The molecule has 0 aromatic carbocycles. The monoisotopic (exact) mass is 252 g/mol. The van der Waals surface area contributed by atoms with Gasteiger partial charge in [0.1, 0.15) is 0 Å². The Morgan fingerprint density at radius 1 is 1.35 bits per heavy atom. The van der Waals surface area contributed by atoms with E-state index in [1.807, 2.05) is 11.3 Å². The molecule has 0 amide bonds. The van der Waals surface area contributed by atoms with E-state index in [2.05, 4.69) is 24.5 Å². The minimum atomic E-state index is 0.364. The maximum absolute atomic E-state index is 5.73. The molecule has 2 nitrogen and oxygen atoms in total. The second kappa shape index (κ2) is 6.53. The summed E-state index contributed by atoms with van der Waals surface area (Å²) in [6.07, 6.45) is 9.37. The summed E-state index contributed by atoms with van der Waals surface area (Å²) < 4.78 is 0. The van der Waals surface area contributed by atoms with Gasteiger partial charge in [-0.15, -0.1) is 11.3 Å². The summed E-state index contributed by atoms with van der Waals surface area (Å²) >= 11 is 1.91. The molecule has 3 heteroatoms. The number of nitrogens with two attached hydrogens (primary N) is 1. The number of hydrogen-bond donors (Lipinski definition) is 2. The molecule has 2 rings (SSSR count). The highest BCUT2D eigenvalue weighted by Crippen LogP contribution is 2.33. The summed E-state index contributed by atoms with van der Waals surface area (Å²) in [7, 11) is 0. The SMILES string of the molecule is CCc1ccc(C(CC2CCCCC2)NN)s1. The van der Waals surface area contributed by atoms with Gasteiger partial charge >= 0.3 is 0 Å². The average molecular weight is 252 g/mol. The molecule has 1 saturated carbocycles. The largest absolute Gasteiger partial charge is 0.271 e. The van der Waals surface area contributed by atoms with Gasteiger partial charge in [-0.05, 0) is 30.9 Å². The van der Waals surface area contributed by atoms with E-state index < -0.39 is 0 Å². The van der Waals surface area contributed by atoms with Crippen LogP contribution in [0.3, 0.4) is 0 Å². The molecule has 96 valence electrons. The Morgan fingerprint density at radius 3 is 2.71 bits per heavy atom. The van der Waals surface area contributed by atoms with Crippen molar-refractivity contribution in [1.29, 1.82) is 0 Å². The second-order valence-corrected chi connectivity index (χ2v) is 6.32. The quantitative estimate of drug-likeness (QED) is 0.618. The zero-order chi connectivity index (χ0) is 12.1. The first-order valence-corrected chi connectivity index (χ1v) is 7.70. The van der Waals surface area contributed by atoms with Crippen molar-refractivity contribution in [2.75, 3.05) is 0 Å². The molecule has 0 bridgehead atoms. The van der Waals surface area contributed by atoms with E-state index in [0.717, 1.165) is 12.3 Å². The minimum absolute atomic E-state index is 0.364. The van der Waals surface area contributed by atoms with Crippen LogP contribution in [0.4, 0.5) is 0 Å². The molecule has 0 saturated heterocycles. The van der Waals surface area contributed by atoms with Gasteiger partial charge in [0.25, 0.3) is 0 Å². The van der Waals surface area contributed by atoms with Crippen LogP contribution in [0.25, 0.3) is 0 Å². The summed E-state index contributed by atoms with van der Waals surface area (Å²) in [5.74, 6) is 6.60. The van der Waals surface area contributed by atoms with Crippen LogP contribution in [0.1, 0.15) is 61.2 Å². The van der Waals surface area contributed by atoms with Gasteiger partial charge in [-0.1, -0.05) is 39.0 Å². The highest BCUT2D eigenvalue weighted by Gasteiger charge is 2.20. The molecule has 1 atom stereocenters. The van der Waals surface area contributed by atoms with Crippen LogP contribution in [0, 0.1) is 5.92 Å². The molecular formula is C14H24N2S. The van der Waals surface area contributed by atoms with Crippen molar-refractivity contribution in [3.63, 3.8) is 0 Å². The van der Waals surface area contributed by atoms with Crippen molar-refractivity contribution in [2.45, 2.75) is 57.9 Å². The Hall–Kier alpha value is -0.380. The van der Waals surface area contributed by atoms with Gasteiger partial charge in [0, 0.05) is 9.75 Å². The van der Waals surface area contributed by atoms with Crippen molar-refractivity contribution < 1.29 is 0 Å². The lowest BCUT2D eigenvalue weighted by molar-refractivity contribution is 0.302. The van der Waals surface area contributed by atoms with Gasteiger partial charge in [0.2, 0.25) is 0 Å². The highest BCUT2D eigenvalue weighted by molar-refractivity contribution is 7.12. The van der Waals surface area contributed by atoms with E-state index in [4.69, 9.17) is 5.84 Å². The summed E-state index contributed by atoms with van der Waals surface area (Å²) in [4.78, 5) is 2.87. The highest BCUT2D eigenvalue weighted by atomic mass is 32.1. The Balaban J connectivity index is 1.95. The molecule has 0 aliphatic heterocycles. The molecule has 0 spiro atoms. The van der Waals surface area contributed by atoms with Gasteiger partial charge < -0.3 is 0 Å². The van der Waals surface area contributed by atoms with Crippen LogP contribution in [0.2, 0.25) is 0 Å². The Kier molecular flexibility index (Phi) is 5.01. The van der Waals surface area contributed by atoms with E-state index in [0.29, 0.717) is 6.04 Å². The molecular weight excluding hydrogens is 228 g/mol. The van der Waals surface area contributed by atoms with Crippen molar-refractivity contribution >= 4 is 11.3 Å². The first-order chi connectivity index (χ1) is 8.33. The van der Waals surface area contributed by atoms with Crippen molar-refractivity contribution in [1.82, 2.24) is 5.43 Å². The third-order valence-corrected chi connectivity index (χ3v) is 5.21. The van der Waals surface area contributed by atoms with Gasteiger partial charge in [-0.3, -0.25) is 11.3 Å². The third-order valence-electron chi connectivity index (χ3n) is 3.87. The molecule has 1 unspecified atom stereocenters. The first kappa shape index (κ1) is 13.1. The van der Waals surface area contributed by atoms with E-state index in [1.165, 1.54) is 48.3 Å². The van der Waals surface area contributed by atoms with Gasteiger partial charge in [0.15, 0.2) is 0 Å². The van der Waals surface area contributed by atoms with Crippen LogP contribution in [-0.2, 0) is 6.42 Å². The lowest BCUT2D eigenvalue weighted by atomic mass is 9.84. The predicted molar refractivity (Wildman–Crippen MR) is 75.0 cm³/mol. The van der Waals surface area contributed by atoms with Crippen molar-refractivity contribution in [3.8, 4) is 0 Å². The van der Waals surface area contributed by atoms with Crippen LogP contribution in [0.5, 0.6) is 0 Å². The molecule has 17 heavy (non-hydrogen) atoms. The first-order valence-electron chi connectivity index (χ1n) is 6.88.